The maximum atomic E-state index is 12.4. The minimum Gasteiger partial charge on any atom is -0.480 e. The third kappa shape index (κ3) is 2.67. The van der Waals surface area contributed by atoms with Crippen molar-refractivity contribution in [1.29, 1.82) is 0 Å². The second kappa shape index (κ2) is 5.63. The first-order valence-electron chi connectivity index (χ1n) is 6.79. The zero-order valence-corrected chi connectivity index (χ0v) is 11.6. The van der Waals surface area contributed by atoms with Crippen molar-refractivity contribution in [2.75, 3.05) is 6.54 Å². The number of aliphatic carboxylic acids is 1. The molecule has 1 heterocycles. The number of nitrogens with zero attached hydrogens (tertiary/aromatic N) is 1. The number of amides is 1. The summed E-state index contributed by atoms with van der Waals surface area (Å²) < 4.78 is 0. The molecule has 20 heavy (non-hydrogen) atoms. The Morgan fingerprint density at radius 3 is 2.65 bits per heavy atom. The maximum Gasteiger partial charge on any atom is 0.329 e. The summed E-state index contributed by atoms with van der Waals surface area (Å²) in [6.45, 7) is 2.06. The lowest BCUT2D eigenvalue weighted by Crippen LogP contribution is -2.55. The summed E-state index contributed by atoms with van der Waals surface area (Å²) in [5, 5.41) is 9.33. The van der Waals surface area contributed by atoms with Gasteiger partial charge in [0.25, 0.3) is 0 Å². The Balaban J connectivity index is 2.09. The summed E-state index contributed by atoms with van der Waals surface area (Å²) in [5.74, 6) is -1.24. The first kappa shape index (κ1) is 14.5. The molecule has 1 amide bonds. The van der Waals surface area contributed by atoms with Crippen LogP contribution in [0.15, 0.2) is 30.3 Å². The molecule has 1 unspecified atom stereocenters. The molecule has 0 bridgehead atoms. The van der Waals surface area contributed by atoms with Crippen molar-refractivity contribution in [2.45, 2.75) is 37.8 Å². The summed E-state index contributed by atoms with van der Waals surface area (Å²) in [6.07, 6.45) is 1.60. The molecule has 1 aliphatic rings. The molecule has 5 heteroatoms. The molecular formula is C15H20N2O3. The van der Waals surface area contributed by atoms with Gasteiger partial charge in [-0.25, -0.2) is 4.79 Å². The molecule has 0 aliphatic carbocycles. The largest absolute Gasteiger partial charge is 0.480 e. The fourth-order valence-electron chi connectivity index (χ4n) is 2.69. The number of rotatable bonds is 4. The van der Waals surface area contributed by atoms with Gasteiger partial charge in [0.1, 0.15) is 5.54 Å². The van der Waals surface area contributed by atoms with E-state index in [1.54, 1.807) is 6.92 Å². The average Bonchev–Trinajstić information content (AvgIpc) is 2.82. The van der Waals surface area contributed by atoms with Gasteiger partial charge in [0.15, 0.2) is 0 Å². The fraction of sp³-hybridized carbons (Fsp3) is 0.467. The molecule has 5 nitrogen and oxygen atoms in total. The molecule has 1 aromatic rings. The van der Waals surface area contributed by atoms with E-state index >= 15 is 0 Å². The summed E-state index contributed by atoms with van der Waals surface area (Å²) in [6, 6.07) is 8.81. The van der Waals surface area contributed by atoms with E-state index in [9.17, 15) is 14.7 Å². The van der Waals surface area contributed by atoms with E-state index in [1.165, 1.54) is 4.90 Å². The third-order valence-electron chi connectivity index (χ3n) is 3.98. The average molecular weight is 276 g/mol. The Morgan fingerprint density at radius 1 is 1.40 bits per heavy atom. The van der Waals surface area contributed by atoms with Crippen LogP contribution in [0.25, 0.3) is 0 Å². The topological polar surface area (TPSA) is 83.6 Å². The number of nitrogens with two attached hydrogens (primary N) is 1. The second-order valence-corrected chi connectivity index (χ2v) is 5.47. The van der Waals surface area contributed by atoms with E-state index in [4.69, 9.17) is 5.73 Å². The van der Waals surface area contributed by atoms with Crippen LogP contribution in [0.2, 0.25) is 0 Å². The van der Waals surface area contributed by atoms with Gasteiger partial charge in [0.2, 0.25) is 5.91 Å². The molecular weight excluding hydrogens is 256 g/mol. The van der Waals surface area contributed by atoms with Gasteiger partial charge in [-0.1, -0.05) is 30.3 Å². The molecule has 0 saturated carbocycles. The lowest BCUT2D eigenvalue weighted by Gasteiger charge is -2.33. The molecule has 0 radical (unpaired) electrons. The van der Waals surface area contributed by atoms with Crippen molar-refractivity contribution >= 4 is 11.9 Å². The first-order chi connectivity index (χ1) is 9.45. The lowest BCUT2D eigenvalue weighted by molar-refractivity contribution is -0.155. The van der Waals surface area contributed by atoms with Gasteiger partial charge in [-0.2, -0.15) is 0 Å². The smallest absolute Gasteiger partial charge is 0.329 e. The van der Waals surface area contributed by atoms with Crippen LogP contribution in [0.3, 0.4) is 0 Å². The van der Waals surface area contributed by atoms with Gasteiger partial charge in [-0.3, -0.25) is 4.79 Å². The van der Waals surface area contributed by atoms with Crippen molar-refractivity contribution in [1.82, 2.24) is 4.90 Å². The first-order valence-corrected chi connectivity index (χ1v) is 6.79. The highest BCUT2D eigenvalue weighted by Crippen LogP contribution is 2.29. The number of carbonyl (C=O) groups excluding carboxylic acids is 1. The van der Waals surface area contributed by atoms with Gasteiger partial charge < -0.3 is 15.7 Å². The molecule has 1 fully saturated rings. The number of hydrogen-bond donors (Lipinski definition) is 2. The van der Waals surface area contributed by atoms with E-state index in [0.29, 0.717) is 25.8 Å². The van der Waals surface area contributed by atoms with E-state index in [0.717, 1.165) is 5.56 Å². The van der Waals surface area contributed by atoms with Gasteiger partial charge in [-0.15, -0.1) is 0 Å². The summed E-state index contributed by atoms with van der Waals surface area (Å²) in [4.78, 5) is 25.2. The quantitative estimate of drug-likeness (QED) is 0.860. The summed E-state index contributed by atoms with van der Waals surface area (Å²) in [7, 11) is 0. The van der Waals surface area contributed by atoms with Crippen LogP contribution in [-0.4, -0.2) is 40.0 Å². The molecule has 2 rings (SSSR count). The molecule has 2 atom stereocenters. The minimum atomic E-state index is -1.12. The normalized spacial score (nSPS) is 23.6. The van der Waals surface area contributed by atoms with Gasteiger partial charge in [-0.05, 0) is 31.7 Å². The van der Waals surface area contributed by atoms with E-state index in [-0.39, 0.29) is 5.91 Å². The van der Waals surface area contributed by atoms with Gasteiger partial charge >= 0.3 is 5.97 Å². The second-order valence-electron chi connectivity index (χ2n) is 5.47. The van der Waals surface area contributed by atoms with Gasteiger partial charge in [0, 0.05) is 6.54 Å². The van der Waals surface area contributed by atoms with Crippen molar-refractivity contribution < 1.29 is 14.7 Å². The number of carboxylic acid groups (broad SMARTS) is 1. The van der Waals surface area contributed by atoms with Crippen molar-refractivity contribution in [2.24, 2.45) is 5.73 Å². The SMILES string of the molecule is CC1(C(=O)O)CCCN1C(=O)[C@H](N)Cc1ccccc1. The predicted octanol–water partition coefficient (Wildman–Crippen LogP) is 1.02. The highest BCUT2D eigenvalue weighted by atomic mass is 16.4. The standard InChI is InChI=1S/C15H20N2O3/c1-15(14(19)20)8-5-9-17(15)13(18)12(16)10-11-6-3-2-4-7-11/h2-4,6-7,12H,5,8-10,16H2,1H3,(H,19,20)/t12-,15?/m1/s1. The molecule has 1 aliphatic heterocycles. The Labute approximate surface area is 118 Å². The van der Waals surface area contributed by atoms with E-state index in [2.05, 4.69) is 0 Å². The van der Waals surface area contributed by atoms with Crippen molar-refractivity contribution in [3.05, 3.63) is 35.9 Å². The molecule has 1 aromatic carbocycles. The number of hydrogen-bond acceptors (Lipinski definition) is 3. The zero-order chi connectivity index (χ0) is 14.8. The number of benzene rings is 1. The van der Waals surface area contributed by atoms with Crippen molar-refractivity contribution in [3.8, 4) is 0 Å². The van der Waals surface area contributed by atoms with Crippen LogP contribution < -0.4 is 5.73 Å². The van der Waals surface area contributed by atoms with E-state index < -0.39 is 17.6 Å². The van der Waals surface area contributed by atoms with Gasteiger partial charge in [0.05, 0.1) is 6.04 Å². The Bertz CT molecular complexity index is 503. The Kier molecular flexibility index (Phi) is 4.09. The highest BCUT2D eigenvalue weighted by molar-refractivity contribution is 5.90. The molecule has 108 valence electrons. The van der Waals surface area contributed by atoms with E-state index in [1.807, 2.05) is 30.3 Å². The summed E-state index contributed by atoms with van der Waals surface area (Å²) in [5.41, 5.74) is 5.82. The Hall–Kier alpha value is -1.88. The van der Waals surface area contributed by atoms with Crippen LogP contribution in [-0.2, 0) is 16.0 Å². The zero-order valence-electron chi connectivity index (χ0n) is 11.6. The highest BCUT2D eigenvalue weighted by Gasteiger charge is 2.46. The lowest BCUT2D eigenvalue weighted by atomic mass is 9.97. The minimum absolute atomic E-state index is 0.281. The van der Waals surface area contributed by atoms with Crippen molar-refractivity contribution in [3.63, 3.8) is 0 Å². The van der Waals surface area contributed by atoms with Crippen LogP contribution in [0, 0.1) is 0 Å². The Morgan fingerprint density at radius 2 is 2.05 bits per heavy atom. The number of carbonyl (C=O) groups is 2. The van der Waals surface area contributed by atoms with Crippen LogP contribution in [0.5, 0.6) is 0 Å². The van der Waals surface area contributed by atoms with Crippen LogP contribution >= 0.6 is 0 Å². The maximum absolute atomic E-state index is 12.4. The molecule has 0 spiro atoms. The van der Waals surface area contributed by atoms with Crippen LogP contribution in [0.4, 0.5) is 0 Å². The summed E-state index contributed by atoms with van der Waals surface area (Å²) >= 11 is 0. The number of carboxylic acids is 1. The molecule has 0 aromatic heterocycles. The van der Waals surface area contributed by atoms with Crippen LogP contribution in [0.1, 0.15) is 25.3 Å². The third-order valence-corrected chi connectivity index (χ3v) is 3.98. The molecule has 3 N–H and O–H groups in total. The fourth-order valence-corrected chi connectivity index (χ4v) is 2.69. The molecule has 1 saturated heterocycles. The monoisotopic (exact) mass is 276 g/mol. The number of likely N-dealkylation sites (tertiary alicyclic amines) is 1. The predicted molar refractivity (Wildman–Crippen MR) is 75.1 cm³/mol.